The van der Waals surface area contributed by atoms with Crippen LogP contribution in [0.25, 0.3) is 0 Å². The first-order chi connectivity index (χ1) is 9.85. The predicted octanol–water partition coefficient (Wildman–Crippen LogP) is 3.95. The summed E-state index contributed by atoms with van der Waals surface area (Å²) in [5, 5.41) is 3.13. The third kappa shape index (κ3) is 5.41. The summed E-state index contributed by atoms with van der Waals surface area (Å²) in [5.41, 5.74) is 1.18. The quantitative estimate of drug-likeness (QED) is 0.826. The number of rotatable bonds is 7. The lowest BCUT2D eigenvalue weighted by Gasteiger charge is -2.28. The molecule has 0 aromatic heterocycles. The summed E-state index contributed by atoms with van der Waals surface area (Å²) >= 11 is 0. The van der Waals surface area contributed by atoms with E-state index in [4.69, 9.17) is 4.74 Å². The van der Waals surface area contributed by atoms with Gasteiger partial charge in [0.15, 0.2) is 6.10 Å². The molecule has 3 heteroatoms. The van der Waals surface area contributed by atoms with E-state index in [0.717, 1.165) is 5.75 Å². The summed E-state index contributed by atoms with van der Waals surface area (Å²) < 4.78 is 5.83. The van der Waals surface area contributed by atoms with Gasteiger partial charge in [0.1, 0.15) is 5.75 Å². The van der Waals surface area contributed by atoms with Crippen molar-refractivity contribution in [2.45, 2.75) is 60.1 Å². The van der Waals surface area contributed by atoms with Crippen molar-refractivity contribution in [1.82, 2.24) is 5.32 Å². The number of hydrogen-bond donors (Lipinski definition) is 1. The normalized spacial score (nSPS) is 12.8. The van der Waals surface area contributed by atoms with E-state index < -0.39 is 6.10 Å². The average Bonchev–Trinajstić information content (AvgIpc) is 2.43. The SMILES string of the molecule is CC[C@@H](Oc1ccc(C)cc1)C(=O)NC(C(C)C)C(C)C. The summed E-state index contributed by atoms with van der Waals surface area (Å²) in [7, 11) is 0. The van der Waals surface area contributed by atoms with Crippen LogP contribution in [0, 0.1) is 18.8 Å². The molecule has 0 spiro atoms. The Balaban J connectivity index is 2.70. The summed E-state index contributed by atoms with van der Waals surface area (Å²) in [4.78, 5) is 12.4. The third-order valence-electron chi connectivity index (χ3n) is 3.71. The van der Waals surface area contributed by atoms with E-state index in [1.54, 1.807) is 0 Å². The van der Waals surface area contributed by atoms with E-state index in [9.17, 15) is 4.79 Å². The number of hydrogen-bond acceptors (Lipinski definition) is 2. The van der Waals surface area contributed by atoms with Gasteiger partial charge in [-0.1, -0.05) is 52.3 Å². The molecule has 118 valence electrons. The minimum Gasteiger partial charge on any atom is -0.481 e. The van der Waals surface area contributed by atoms with E-state index in [1.807, 2.05) is 38.1 Å². The molecule has 1 aromatic carbocycles. The molecule has 0 bridgehead atoms. The molecule has 0 fully saturated rings. The van der Waals surface area contributed by atoms with Crippen molar-refractivity contribution < 1.29 is 9.53 Å². The van der Waals surface area contributed by atoms with Gasteiger partial charge in [-0.3, -0.25) is 4.79 Å². The van der Waals surface area contributed by atoms with Crippen LogP contribution < -0.4 is 10.1 Å². The van der Waals surface area contributed by atoms with E-state index in [-0.39, 0.29) is 11.9 Å². The fourth-order valence-electron chi connectivity index (χ4n) is 2.46. The fourth-order valence-corrected chi connectivity index (χ4v) is 2.46. The predicted molar refractivity (Wildman–Crippen MR) is 87.5 cm³/mol. The number of aryl methyl sites for hydroxylation is 1. The Hall–Kier alpha value is -1.51. The van der Waals surface area contributed by atoms with Crippen LogP contribution >= 0.6 is 0 Å². The Morgan fingerprint density at radius 3 is 2.05 bits per heavy atom. The van der Waals surface area contributed by atoms with Crippen molar-refractivity contribution in [3.63, 3.8) is 0 Å². The van der Waals surface area contributed by atoms with E-state index in [2.05, 4.69) is 33.0 Å². The molecular formula is C18H29NO2. The van der Waals surface area contributed by atoms with Crippen LogP contribution in [-0.2, 0) is 4.79 Å². The maximum atomic E-state index is 12.4. The highest BCUT2D eigenvalue weighted by molar-refractivity contribution is 5.81. The summed E-state index contributed by atoms with van der Waals surface area (Å²) in [6.45, 7) is 12.5. The van der Waals surface area contributed by atoms with Crippen molar-refractivity contribution in [3.05, 3.63) is 29.8 Å². The lowest BCUT2D eigenvalue weighted by Crippen LogP contribution is -2.48. The monoisotopic (exact) mass is 291 g/mol. The fraction of sp³-hybridized carbons (Fsp3) is 0.611. The van der Waals surface area contributed by atoms with Gasteiger partial charge in [-0.25, -0.2) is 0 Å². The Morgan fingerprint density at radius 1 is 1.10 bits per heavy atom. The lowest BCUT2D eigenvalue weighted by atomic mass is 9.93. The minimum atomic E-state index is -0.437. The van der Waals surface area contributed by atoms with Crippen LogP contribution in [0.1, 0.15) is 46.6 Å². The zero-order valence-electron chi connectivity index (χ0n) is 14.1. The summed E-state index contributed by atoms with van der Waals surface area (Å²) in [6.07, 6.45) is 0.218. The van der Waals surface area contributed by atoms with Crippen molar-refractivity contribution in [2.24, 2.45) is 11.8 Å². The van der Waals surface area contributed by atoms with Gasteiger partial charge in [0, 0.05) is 6.04 Å². The molecule has 0 heterocycles. The molecular weight excluding hydrogens is 262 g/mol. The van der Waals surface area contributed by atoms with Gasteiger partial charge in [0.25, 0.3) is 5.91 Å². The standard InChI is InChI=1S/C18H29NO2/c1-7-16(21-15-10-8-14(6)9-11-15)18(20)19-17(12(2)3)13(4)5/h8-13,16-17H,7H2,1-6H3,(H,19,20)/t16-/m1/s1. The summed E-state index contributed by atoms with van der Waals surface area (Å²) in [5.74, 6) is 1.54. The Kier molecular flexibility index (Phi) is 6.73. The maximum Gasteiger partial charge on any atom is 0.261 e. The van der Waals surface area contributed by atoms with E-state index >= 15 is 0 Å². The highest BCUT2D eigenvalue weighted by Gasteiger charge is 2.25. The number of amides is 1. The zero-order valence-corrected chi connectivity index (χ0v) is 14.1. The maximum absolute atomic E-state index is 12.4. The second-order valence-electron chi connectivity index (χ2n) is 6.35. The van der Waals surface area contributed by atoms with Crippen molar-refractivity contribution in [1.29, 1.82) is 0 Å². The Bertz CT molecular complexity index is 429. The highest BCUT2D eigenvalue weighted by atomic mass is 16.5. The molecule has 1 rings (SSSR count). The first kappa shape index (κ1) is 17.5. The zero-order chi connectivity index (χ0) is 16.0. The molecule has 0 aliphatic carbocycles. The Morgan fingerprint density at radius 2 is 1.62 bits per heavy atom. The van der Waals surface area contributed by atoms with Crippen LogP contribution in [0.4, 0.5) is 0 Å². The largest absolute Gasteiger partial charge is 0.481 e. The molecule has 1 aromatic rings. The van der Waals surface area contributed by atoms with Crippen LogP contribution in [0.5, 0.6) is 5.75 Å². The van der Waals surface area contributed by atoms with Crippen molar-refractivity contribution in [3.8, 4) is 5.75 Å². The Labute approximate surface area is 129 Å². The topological polar surface area (TPSA) is 38.3 Å². The molecule has 0 radical (unpaired) electrons. The van der Waals surface area contributed by atoms with Crippen LogP contribution in [-0.4, -0.2) is 18.1 Å². The van der Waals surface area contributed by atoms with E-state index in [0.29, 0.717) is 18.3 Å². The molecule has 0 unspecified atom stereocenters. The van der Waals surface area contributed by atoms with E-state index in [1.165, 1.54) is 5.56 Å². The minimum absolute atomic E-state index is 0.0227. The van der Waals surface area contributed by atoms with Gasteiger partial charge in [-0.2, -0.15) is 0 Å². The number of carbonyl (C=O) groups excluding carboxylic acids is 1. The van der Waals surface area contributed by atoms with Crippen LogP contribution in [0.3, 0.4) is 0 Å². The first-order valence-electron chi connectivity index (χ1n) is 7.88. The van der Waals surface area contributed by atoms with Crippen molar-refractivity contribution in [2.75, 3.05) is 0 Å². The van der Waals surface area contributed by atoms with Crippen LogP contribution in [0.2, 0.25) is 0 Å². The summed E-state index contributed by atoms with van der Waals surface area (Å²) in [6, 6.07) is 7.98. The number of benzene rings is 1. The molecule has 0 saturated carbocycles. The molecule has 1 atom stereocenters. The molecule has 1 amide bonds. The van der Waals surface area contributed by atoms with Gasteiger partial charge in [0.2, 0.25) is 0 Å². The highest BCUT2D eigenvalue weighted by Crippen LogP contribution is 2.16. The second kappa shape index (κ2) is 8.06. The van der Waals surface area contributed by atoms with Gasteiger partial charge in [0.05, 0.1) is 0 Å². The molecule has 21 heavy (non-hydrogen) atoms. The lowest BCUT2D eigenvalue weighted by molar-refractivity contribution is -0.129. The number of nitrogens with one attached hydrogen (secondary N) is 1. The molecule has 3 nitrogen and oxygen atoms in total. The van der Waals surface area contributed by atoms with Gasteiger partial charge in [-0.05, 0) is 37.3 Å². The van der Waals surface area contributed by atoms with Gasteiger partial charge < -0.3 is 10.1 Å². The smallest absolute Gasteiger partial charge is 0.261 e. The molecule has 0 saturated heterocycles. The van der Waals surface area contributed by atoms with Gasteiger partial charge in [-0.15, -0.1) is 0 Å². The average molecular weight is 291 g/mol. The third-order valence-corrected chi connectivity index (χ3v) is 3.71. The van der Waals surface area contributed by atoms with Gasteiger partial charge >= 0.3 is 0 Å². The first-order valence-corrected chi connectivity index (χ1v) is 7.88. The van der Waals surface area contributed by atoms with Crippen LogP contribution in [0.15, 0.2) is 24.3 Å². The molecule has 1 N–H and O–H groups in total. The molecule has 0 aliphatic heterocycles. The molecule has 0 aliphatic rings. The van der Waals surface area contributed by atoms with Crippen molar-refractivity contribution >= 4 is 5.91 Å². The number of ether oxygens (including phenoxy) is 1. The second-order valence-corrected chi connectivity index (χ2v) is 6.35. The number of carbonyl (C=O) groups is 1.